The summed E-state index contributed by atoms with van der Waals surface area (Å²) in [5.74, 6) is 1.21. The molecule has 116 valence electrons. The van der Waals surface area contributed by atoms with Gasteiger partial charge in [0, 0.05) is 44.0 Å². The molecule has 0 unspecified atom stereocenters. The molecule has 2 N–H and O–H groups in total. The van der Waals surface area contributed by atoms with Crippen LogP contribution in [-0.2, 0) is 12.8 Å². The molecule has 1 aromatic heterocycles. The van der Waals surface area contributed by atoms with Crippen LogP contribution in [0.5, 0.6) is 0 Å². The van der Waals surface area contributed by atoms with Crippen LogP contribution in [0.3, 0.4) is 0 Å². The van der Waals surface area contributed by atoms with Crippen LogP contribution in [0.4, 0.5) is 5.82 Å². The Balaban J connectivity index is 1.77. The van der Waals surface area contributed by atoms with E-state index in [9.17, 15) is 0 Å². The number of anilines is 1. The largest absolute Gasteiger partial charge is 0.355 e. The Hall–Kier alpha value is -1.20. The standard InChI is InChI=1S/C16H27N5/c17-7-10-20-8-4-9-21(12-11-20)16-14-5-2-1-3-6-15(14)18-13-19-16/h13H,1-12,17H2. The Morgan fingerprint density at radius 3 is 2.76 bits per heavy atom. The molecule has 0 atom stereocenters. The fourth-order valence-corrected chi connectivity index (χ4v) is 3.54. The van der Waals surface area contributed by atoms with Crippen LogP contribution in [0, 0.1) is 0 Å². The Labute approximate surface area is 127 Å². The fourth-order valence-electron chi connectivity index (χ4n) is 3.54. The van der Waals surface area contributed by atoms with Gasteiger partial charge in [-0.05, 0) is 38.6 Å². The van der Waals surface area contributed by atoms with E-state index in [1.807, 2.05) is 0 Å². The number of fused-ring (bicyclic) bond motifs is 1. The van der Waals surface area contributed by atoms with E-state index in [1.165, 1.54) is 42.8 Å². The van der Waals surface area contributed by atoms with Crippen molar-refractivity contribution < 1.29 is 0 Å². The monoisotopic (exact) mass is 289 g/mol. The van der Waals surface area contributed by atoms with Crippen LogP contribution in [0.15, 0.2) is 6.33 Å². The molecule has 1 saturated heterocycles. The highest BCUT2D eigenvalue weighted by atomic mass is 15.3. The Morgan fingerprint density at radius 1 is 0.952 bits per heavy atom. The predicted molar refractivity (Wildman–Crippen MR) is 85.6 cm³/mol. The van der Waals surface area contributed by atoms with Gasteiger partial charge in [0.15, 0.2) is 0 Å². The van der Waals surface area contributed by atoms with Gasteiger partial charge in [0.1, 0.15) is 12.1 Å². The first-order chi connectivity index (χ1) is 10.4. The minimum Gasteiger partial charge on any atom is -0.355 e. The van der Waals surface area contributed by atoms with Crippen molar-refractivity contribution in [3.63, 3.8) is 0 Å². The van der Waals surface area contributed by atoms with Crippen molar-refractivity contribution in [1.82, 2.24) is 14.9 Å². The number of nitrogens with zero attached hydrogens (tertiary/aromatic N) is 4. The van der Waals surface area contributed by atoms with Crippen molar-refractivity contribution in [2.24, 2.45) is 5.73 Å². The molecule has 5 heteroatoms. The molecule has 0 spiro atoms. The lowest BCUT2D eigenvalue weighted by atomic mass is 10.1. The molecule has 0 aromatic carbocycles. The molecular formula is C16H27N5. The average molecular weight is 289 g/mol. The number of hydrogen-bond donors (Lipinski definition) is 1. The lowest BCUT2D eigenvalue weighted by Gasteiger charge is -2.25. The van der Waals surface area contributed by atoms with Crippen molar-refractivity contribution in [1.29, 1.82) is 0 Å². The summed E-state index contributed by atoms with van der Waals surface area (Å²) in [7, 11) is 0. The molecule has 0 amide bonds. The average Bonchev–Trinajstić information content (AvgIpc) is 2.87. The first kappa shape index (κ1) is 14.7. The van der Waals surface area contributed by atoms with Crippen LogP contribution in [-0.4, -0.2) is 54.1 Å². The Bertz CT molecular complexity index is 462. The highest BCUT2D eigenvalue weighted by molar-refractivity contribution is 5.49. The molecule has 5 nitrogen and oxygen atoms in total. The Morgan fingerprint density at radius 2 is 1.86 bits per heavy atom. The van der Waals surface area contributed by atoms with Gasteiger partial charge in [-0.25, -0.2) is 9.97 Å². The first-order valence-electron chi connectivity index (χ1n) is 8.38. The van der Waals surface area contributed by atoms with Gasteiger partial charge in [-0.15, -0.1) is 0 Å². The van der Waals surface area contributed by atoms with E-state index in [4.69, 9.17) is 5.73 Å². The summed E-state index contributed by atoms with van der Waals surface area (Å²) < 4.78 is 0. The van der Waals surface area contributed by atoms with Crippen molar-refractivity contribution in [3.05, 3.63) is 17.6 Å². The quantitative estimate of drug-likeness (QED) is 0.848. The van der Waals surface area contributed by atoms with Gasteiger partial charge in [-0.1, -0.05) is 6.42 Å². The normalized spacial score (nSPS) is 20.7. The minimum atomic E-state index is 0.753. The fraction of sp³-hybridized carbons (Fsp3) is 0.750. The number of rotatable bonds is 3. The predicted octanol–water partition coefficient (Wildman–Crippen LogP) is 1.22. The third-order valence-corrected chi connectivity index (χ3v) is 4.69. The molecule has 1 fully saturated rings. The van der Waals surface area contributed by atoms with Crippen molar-refractivity contribution in [2.75, 3.05) is 44.2 Å². The summed E-state index contributed by atoms with van der Waals surface area (Å²) >= 11 is 0. The van der Waals surface area contributed by atoms with E-state index in [1.54, 1.807) is 6.33 Å². The van der Waals surface area contributed by atoms with Gasteiger partial charge < -0.3 is 15.5 Å². The van der Waals surface area contributed by atoms with Crippen LogP contribution in [0.2, 0.25) is 0 Å². The van der Waals surface area contributed by atoms with Crippen LogP contribution >= 0.6 is 0 Å². The van der Waals surface area contributed by atoms with Gasteiger partial charge in [0.2, 0.25) is 0 Å². The van der Waals surface area contributed by atoms with E-state index < -0.39 is 0 Å². The molecule has 2 heterocycles. The molecule has 0 saturated carbocycles. The van der Waals surface area contributed by atoms with Crippen molar-refractivity contribution >= 4 is 5.82 Å². The van der Waals surface area contributed by atoms with Crippen LogP contribution in [0.25, 0.3) is 0 Å². The third kappa shape index (κ3) is 3.52. The number of aryl methyl sites for hydroxylation is 1. The second kappa shape index (κ2) is 7.18. The topological polar surface area (TPSA) is 58.3 Å². The van der Waals surface area contributed by atoms with Crippen molar-refractivity contribution in [3.8, 4) is 0 Å². The van der Waals surface area contributed by atoms with Crippen LogP contribution < -0.4 is 10.6 Å². The van der Waals surface area contributed by atoms with E-state index in [0.717, 1.165) is 52.1 Å². The second-order valence-electron chi connectivity index (χ2n) is 6.15. The molecule has 21 heavy (non-hydrogen) atoms. The summed E-state index contributed by atoms with van der Waals surface area (Å²) in [6, 6.07) is 0. The zero-order valence-corrected chi connectivity index (χ0v) is 12.9. The zero-order chi connectivity index (χ0) is 14.5. The van der Waals surface area contributed by atoms with Crippen LogP contribution in [0.1, 0.15) is 36.9 Å². The maximum Gasteiger partial charge on any atom is 0.135 e. The van der Waals surface area contributed by atoms with Crippen molar-refractivity contribution in [2.45, 2.75) is 38.5 Å². The molecular weight excluding hydrogens is 262 g/mol. The summed E-state index contributed by atoms with van der Waals surface area (Å²) in [6.45, 7) is 6.17. The highest BCUT2D eigenvalue weighted by Gasteiger charge is 2.21. The summed E-state index contributed by atoms with van der Waals surface area (Å²) in [4.78, 5) is 14.1. The van der Waals surface area contributed by atoms with E-state index in [-0.39, 0.29) is 0 Å². The van der Waals surface area contributed by atoms with Gasteiger partial charge in [-0.2, -0.15) is 0 Å². The first-order valence-corrected chi connectivity index (χ1v) is 8.38. The van der Waals surface area contributed by atoms with E-state index in [0.29, 0.717) is 0 Å². The summed E-state index contributed by atoms with van der Waals surface area (Å²) in [5, 5.41) is 0. The van der Waals surface area contributed by atoms with Gasteiger partial charge >= 0.3 is 0 Å². The SMILES string of the molecule is NCCN1CCCN(c2ncnc3c2CCCCC3)CC1. The highest BCUT2D eigenvalue weighted by Crippen LogP contribution is 2.27. The molecule has 2 aliphatic rings. The number of nitrogens with two attached hydrogens (primary N) is 1. The van der Waals surface area contributed by atoms with Gasteiger partial charge in [-0.3, -0.25) is 0 Å². The number of hydrogen-bond acceptors (Lipinski definition) is 5. The van der Waals surface area contributed by atoms with Gasteiger partial charge in [0.25, 0.3) is 0 Å². The molecule has 3 rings (SSSR count). The van der Waals surface area contributed by atoms with E-state index >= 15 is 0 Å². The summed E-state index contributed by atoms with van der Waals surface area (Å²) in [5.41, 5.74) is 8.40. The lowest BCUT2D eigenvalue weighted by Crippen LogP contribution is -2.34. The molecule has 0 bridgehead atoms. The molecule has 1 aromatic rings. The summed E-state index contributed by atoms with van der Waals surface area (Å²) in [6.07, 6.45) is 9.10. The maximum absolute atomic E-state index is 5.69. The minimum absolute atomic E-state index is 0.753. The molecule has 1 aliphatic heterocycles. The Kier molecular flexibility index (Phi) is 5.04. The maximum atomic E-state index is 5.69. The second-order valence-corrected chi connectivity index (χ2v) is 6.15. The third-order valence-electron chi connectivity index (χ3n) is 4.69. The van der Waals surface area contributed by atoms with E-state index in [2.05, 4.69) is 19.8 Å². The molecule has 0 radical (unpaired) electrons. The zero-order valence-electron chi connectivity index (χ0n) is 12.9. The smallest absolute Gasteiger partial charge is 0.135 e. The number of aromatic nitrogens is 2. The molecule has 1 aliphatic carbocycles. The lowest BCUT2D eigenvalue weighted by molar-refractivity contribution is 0.302. The van der Waals surface area contributed by atoms with Gasteiger partial charge in [0.05, 0.1) is 0 Å².